The summed E-state index contributed by atoms with van der Waals surface area (Å²) in [6.07, 6.45) is 0.975. The Morgan fingerprint density at radius 1 is 0.300 bits per heavy atom. The van der Waals surface area contributed by atoms with Crippen LogP contribution in [0.5, 0.6) is 0 Å². The van der Waals surface area contributed by atoms with E-state index in [1.165, 1.54) is 82.8 Å². The van der Waals surface area contributed by atoms with Crippen molar-refractivity contribution in [2.45, 2.75) is 6.42 Å². The number of benzene rings is 12. The summed E-state index contributed by atoms with van der Waals surface area (Å²) >= 11 is 3.47. The smallest absolute Gasteiger partial charge is 0.423 e. The summed E-state index contributed by atoms with van der Waals surface area (Å²) in [7, 11) is -1.44. The van der Waals surface area contributed by atoms with E-state index in [0.29, 0.717) is 5.46 Å². The second-order valence-corrected chi connectivity index (χ2v) is 20.7. The summed E-state index contributed by atoms with van der Waals surface area (Å²) in [5.74, 6) is 0. The Kier molecular flexibility index (Phi) is 15.1. The Labute approximate surface area is 475 Å². The molecule has 0 unspecified atom stereocenters. The molecule has 0 aliphatic carbocycles. The first kappa shape index (κ1) is 51.3. The second kappa shape index (κ2) is 23.6. The van der Waals surface area contributed by atoms with Crippen LogP contribution in [-0.4, -0.2) is 26.3 Å². The van der Waals surface area contributed by atoms with E-state index in [4.69, 9.17) is 0 Å². The average molecular weight is 1100 g/mol. The number of nitrogens with one attached hydrogen (secondary N) is 1. The molecule has 80 heavy (non-hydrogen) atoms. The van der Waals surface area contributed by atoms with Crippen molar-refractivity contribution in [2.75, 3.05) is 5.32 Å². The van der Waals surface area contributed by atoms with E-state index in [1.54, 1.807) is 12.1 Å². The molecule has 7 heteroatoms. The van der Waals surface area contributed by atoms with Crippen molar-refractivity contribution in [1.29, 1.82) is 0 Å². The van der Waals surface area contributed by atoms with Crippen LogP contribution in [0.25, 0.3) is 88.4 Å². The van der Waals surface area contributed by atoms with Gasteiger partial charge in [-0.1, -0.05) is 234 Å². The van der Waals surface area contributed by atoms with Crippen LogP contribution in [0, 0.1) is 0 Å². The zero-order chi connectivity index (χ0) is 54.2. The number of hydrogen-bond acceptors (Lipinski definition) is 3. The van der Waals surface area contributed by atoms with Crippen molar-refractivity contribution >= 4 is 83.5 Å². The lowest BCUT2D eigenvalue weighted by Gasteiger charge is -2.11. The van der Waals surface area contributed by atoms with Crippen molar-refractivity contribution in [3.8, 4) is 44.8 Å². The predicted molar refractivity (Wildman–Crippen MR) is 341 cm³/mol. The third kappa shape index (κ3) is 11.3. The number of nitrogens with zero attached hydrogens (tertiary/aromatic N) is 2. The molecule has 0 atom stereocenters. The van der Waals surface area contributed by atoms with Crippen molar-refractivity contribution in [2.24, 2.45) is 0 Å². The number of halogens is 1. The molecule has 0 aliphatic heterocycles. The molecule has 0 saturated carbocycles. The number of aromatic nitrogens is 2. The molecule has 0 fully saturated rings. The van der Waals surface area contributed by atoms with E-state index in [-0.39, 0.29) is 0 Å². The first-order chi connectivity index (χ1) is 39.4. The monoisotopic (exact) mass is 1100 g/mol. The van der Waals surface area contributed by atoms with Gasteiger partial charge in [-0.2, -0.15) is 0 Å². The van der Waals surface area contributed by atoms with E-state index >= 15 is 0 Å². The highest BCUT2D eigenvalue weighted by Gasteiger charge is 2.15. The number of hydrogen-bond donors (Lipinski definition) is 3. The summed E-state index contributed by atoms with van der Waals surface area (Å²) in [6.45, 7) is 0. The summed E-state index contributed by atoms with van der Waals surface area (Å²) in [6, 6.07) is 105. The number of para-hydroxylation sites is 4. The Morgan fingerprint density at radius 3 is 0.950 bits per heavy atom. The second-order valence-electron chi connectivity index (χ2n) is 19.8. The molecule has 2 heterocycles. The van der Waals surface area contributed by atoms with Crippen LogP contribution in [0.4, 0.5) is 11.4 Å². The Balaban J connectivity index is 0.000000129. The van der Waals surface area contributed by atoms with E-state index in [2.05, 4.69) is 273 Å². The number of rotatable bonds is 10. The van der Waals surface area contributed by atoms with Crippen molar-refractivity contribution in [3.05, 3.63) is 319 Å². The van der Waals surface area contributed by atoms with Gasteiger partial charge in [0.1, 0.15) is 0 Å². The molecule has 12 aromatic carbocycles. The van der Waals surface area contributed by atoms with Crippen LogP contribution in [0.1, 0.15) is 11.1 Å². The third-order valence-electron chi connectivity index (χ3n) is 14.6. The first-order valence-corrected chi connectivity index (χ1v) is 27.6. The van der Waals surface area contributed by atoms with Gasteiger partial charge in [0.2, 0.25) is 0 Å². The van der Waals surface area contributed by atoms with Crippen molar-refractivity contribution < 1.29 is 10.0 Å². The van der Waals surface area contributed by atoms with Gasteiger partial charge in [0.25, 0.3) is 0 Å². The highest BCUT2D eigenvalue weighted by molar-refractivity contribution is 9.10. The molecule has 0 radical (unpaired) electrons. The van der Waals surface area contributed by atoms with Gasteiger partial charge in [0, 0.05) is 48.8 Å². The van der Waals surface area contributed by atoms with E-state index in [0.717, 1.165) is 39.0 Å². The molecule has 0 spiro atoms. The van der Waals surface area contributed by atoms with Gasteiger partial charge in [-0.15, -0.1) is 0 Å². The number of fused-ring (bicyclic) bond motifs is 6. The van der Waals surface area contributed by atoms with Gasteiger partial charge >= 0.3 is 7.12 Å². The molecule has 14 rings (SSSR count). The Hall–Kier alpha value is -9.50. The Morgan fingerprint density at radius 2 is 0.588 bits per heavy atom. The maximum absolute atomic E-state index is 9.24. The minimum atomic E-state index is -1.44. The highest BCUT2D eigenvalue weighted by atomic mass is 79.9. The van der Waals surface area contributed by atoms with Gasteiger partial charge in [-0.05, 0) is 141 Å². The Bertz CT molecular complexity index is 4230. The SMILES string of the molecule is Brc1ccc(Cc2ccc(-c3ccccc3)cc2)cc1.OB(O)c1ccc(-n2c3ccccc3c3ccccc32)cc1.c1ccc(-c2ccc(Nc3ccc(-c4ccc(-n5c6ccccc6c6ccccc65)cc4)cc3)cc2)cc1. The molecule has 14 aromatic rings. The molecule has 3 N–H and O–H groups in total. The maximum Gasteiger partial charge on any atom is 0.488 e. The van der Waals surface area contributed by atoms with E-state index in [1.807, 2.05) is 48.5 Å². The minimum Gasteiger partial charge on any atom is -0.423 e. The molecular weight excluding hydrogens is 1040 g/mol. The van der Waals surface area contributed by atoms with E-state index in [9.17, 15) is 10.0 Å². The van der Waals surface area contributed by atoms with Gasteiger partial charge in [-0.3, -0.25) is 0 Å². The molecule has 0 aliphatic rings. The van der Waals surface area contributed by atoms with Crippen LogP contribution in [0.15, 0.2) is 308 Å². The first-order valence-electron chi connectivity index (χ1n) is 26.9. The topological polar surface area (TPSA) is 62.4 Å². The zero-order valence-electron chi connectivity index (χ0n) is 43.8. The van der Waals surface area contributed by atoms with Crippen molar-refractivity contribution in [1.82, 2.24) is 9.13 Å². The molecule has 0 bridgehead atoms. The normalized spacial score (nSPS) is 11.0. The molecule has 0 saturated heterocycles. The quantitative estimate of drug-likeness (QED) is 0.120. The maximum atomic E-state index is 9.24. The lowest BCUT2D eigenvalue weighted by Crippen LogP contribution is -2.29. The molecule has 5 nitrogen and oxygen atoms in total. The number of anilines is 2. The van der Waals surface area contributed by atoms with Crippen LogP contribution in [0.2, 0.25) is 0 Å². The fourth-order valence-corrected chi connectivity index (χ4v) is 10.8. The minimum absolute atomic E-state index is 0.490. The summed E-state index contributed by atoms with van der Waals surface area (Å²) in [4.78, 5) is 0. The van der Waals surface area contributed by atoms with Gasteiger partial charge in [0.05, 0.1) is 22.1 Å². The van der Waals surface area contributed by atoms with Gasteiger partial charge in [0.15, 0.2) is 0 Å². The average Bonchev–Trinajstić information content (AvgIpc) is 4.06. The predicted octanol–water partition coefficient (Wildman–Crippen LogP) is 18.0. The molecule has 0 amide bonds. The van der Waals surface area contributed by atoms with Gasteiger partial charge in [-0.25, -0.2) is 0 Å². The largest absolute Gasteiger partial charge is 0.488 e. The summed E-state index contributed by atoms with van der Waals surface area (Å²) in [5, 5.41) is 27.0. The molecule has 2 aromatic heterocycles. The lowest BCUT2D eigenvalue weighted by molar-refractivity contribution is 0.426. The summed E-state index contributed by atoms with van der Waals surface area (Å²) in [5.41, 5.74) is 19.6. The van der Waals surface area contributed by atoms with Crippen LogP contribution in [0.3, 0.4) is 0 Å². The fraction of sp³-hybridized carbons (Fsp3) is 0.0137. The van der Waals surface area contributed by atoms with E-state index < -0.39 is 7.12 Å². The highest BCUT2D eigenvalue weighted by Crippen LogP contribution is 2.34. The van der Waals surface area contributed by atoms with Crippen molar-refractivity contribution in [3.63, 3.8) is 0 Å². The fourth-order valence-electron chi connectivity index (χ4n) is 10.6. The van der Waals surface area contributed by atoms with Crippen LogP contribution in [-0.2, 0) is 6.42 Å². The lowest BCUT2D eigenvalue weighted by atomic mass is 9.80. The summed E-state index contributed by atoms with van der Waals surface area (Å²) < 4.78 is 5.67. The van der Waals surface area contributed by atoms with Gasteiger partial charge < -0.3 is 24.5 Å². The third-order valence-corrected chi connectivity index (χ3v) is 15.1. The van der Waals surface area contributed by atoms with Crippen LogP contribution >= 0.6 is 15.9 Å². The zero-order valence-corrected chi connectivity index (χ0v) is 45.4. The standard InChI is InChI=1S/C36H26N2.C19H15Br.C18H14BNO2/c1-2-8-26(9-3-1)27-14-20-30(21-15-27)37-31-22-16-28(17-23-31)29-18-24-32(25-19-29)38-35-12-6-4-10-33(35)34-11-5-7-13-36(34)38;20-19-12-8-16(9-13-19)14-15-6-10-18(11-7-15)17-4-2-1-3-5-17;21-19(22)13-9-11-14(12-10-13)20-17-7-3-1-5-15(17)16-6-2-4-8-18(16)20/h1-25,37H;1-13H,14H2;1-12,21-22H. The van der Waals surface area contributed by atoms with Crippen LogP contribution < -0.4 is 10.8 Å². The molecular formula is C73H55BBrN3O2. The molecule has 384 valence electrons.